The first-order chi connectivity index (χ1) is 9.31. The molecule has 102 valence electrons. The Morgan fingerprint density at radius 2 is 2.16 bits per heavy atom. The van der Waals surface area contributed by atoms with Gasteiger partial charge in [0.25, 0.3) is 0 Å². The van der Waals surface area contributed by atoms with Gasteiger partial charge in [0.2, 0.25) is 0 Å². The molecule has 0 aliphatic carbocycles. The minimum absolute atomic E-state index is 0.566. The van der Waals surface area contributed by atoms with Gasteiger partial charge in [-0.15, -0.1) is 0 Å². The molecule has 0 bridgehead atoms. The monoisotopic (exact) mass is 277 g/mol. The highest BCUT2D eigenvalue weighted by Crippen LogP contribution is 2.31. The summed E-state index contributed by atoms with van der Waals surface area (Å²) in [5.41, 5.74) is 2.15. The molecular weight excluding hydrogens is 258 g/mol. The minimum Gasteiger partial charge on any atom is -0.327 e. The Labute approximate surface area is 119 Å². The number of hydrogen-bond donors (Lipinski definition) is 1. The van der Waals surface area contributed by atoms with Crippen LogP contribution in [0.2, 0.25) is 5.02 Å². The maximum atomic E-state index is 6.38. The highest BCUT2D eigenvalue weighted by molar-refractivity contribution is 6.35. The largest absolute Gasteiger partial charge is 0.327 e. The summed E-state index contributed by atoms with van der Waals surface area (Å²) in [6.07, 6.45) is 3.45. The summed E-state index contributed by atoms with van der Waals surface area (Å²) in [5, 5.41) is 4.24. The fourth-order valence-corrected chi connectivity index (χ4v) is 3.27. The summed E-state index contributed by atoms with van der Waals surface area (Å²) in [6, 6.07) is 6.02. The number of aromatic nitrogens is 2. The summed E-state index contributed by atoms with van der Waals surface area (Å²) in [7, 11) is 0. The molecule has 0 saturated carbocycles. The second kappa shape index (κ2) is 5.51. The van der Waals surface area contributed by atoms with Crippen LogP contribution in [0.25, 0.3) is 11.0 Å². The van der Waals surface area contributed by atoms with E-state index in [-0.39, 0.29) is 0 Å². The summed E-state index contributed by atoms with van der Waals surface area (Å²) in [6.45, 7) is 5.38. The van der Waals surface area contributed by atoms with Crippen LogP contribution >= 0.6 is 11.6 Å². The highest BCUT2D eigenvalue weighted by atomic mass is 35.5. The third-order valence-corrected chi connectivity index (χ3v) is 4.20. The fraction of sp³-hybridized carbons (Fsp3) is 0.533. The third-order valence-electron chi connectivity index (χ3n) is 3.90. The Morgan fingerprint density at radius 3 is 2.89 bits per heavy atom. The number of piperidine rings is 1. The summed E-state index contributed by atoms with van der Waals surface area (Å²) < 4.78 is 2.34. The molecule has 1 N–H and O–H groups in total. The van der Waals surface area contributed by atoms with Crippen molar-refractivity contribution < 1.29 is 0 Å². The topological polar surface area (TPSA) is 29.9 Å². The lowest BCUT2D eigenvalue weighted by Gasteiger charge is -2.23. The van der Waals surface area contributed by atoms with E-state index in [9.17, 15) is 0 Å². The van der Waals surface area contributed by atoms with Gasteiger partial charge in [-0.2, -0.15) is 0 Å². The van der Waals surface area contributed by atoms with Crippen LogP contribution in [0.3, 0.4) is 0 Å². The number of nitrogens with one attached hydrogen (secondary N) is 1. The van der Waals surface area contributed by atoms with E-state index >= 15 is 0 Å². The molecule has 0 unspecified atom stereocenters. The number of fused-ring (bicyclic) bond motifs is 1. The van der Waals surface area contributed by atoms with Crippen molar-refractivity contribution in [3.05, 3.63) is 29.0 Å². The number of aryl methyl sites for hydroxylation is 1. The number of nitrogens with zero attached hydrogens (tertiary/aromatic N) is 2. The van der Waals surface area contributed by atoms with E-state index in [4.69, 9.17) is 16.6 Å². The zero-order valence-electron chi connectivity index (χ0n) is 11.3. The van der Waals surface area contributed by atoms with Gasteiger partial charge in [0.05, 0.1) is 16.1 Å². The van der Waals surface area contributed by atoms with Gasteiger partial charge in [0.15, 0.2) is 0 Å². The number of hydrogen-bond acceptors (Lipinski definition) is 2. The molecule has 2 aromatic rings. The van der Waals surface area contributed by atoms with Gasteiger partial charge >= 0.3 is 0 Å². The third kappa shape index (κ3) is 2.37. The van der Waals surface area contributed by atoms with Crippen LogP contribution in [0.4, 0.5) is 0 Å². The van der Waals surface area contributed by atoms with Crippen LogP contribution in [0, 0.1) is 0 Å². The second-order valence-corrected chi connectivity index (χ2v) is 5.66. The van der Waals surface area contributed by atoms with Gasteiger partial charge in [-0.3, -0.25) is 0 Å². The molecule has 2 heterocycles. The SMILES string of the molecule is CCCn1c(C2CCNCC2)nc2cccc(Cl)c21. The first kappa shape index (κ1) is 12.9. The Morgan fingerprint density at radius 1 is 1.37 bits per heavy atom. The van der Waals surface area contributed by atoms with Crippen molar-refractivity contribution in [3.8, 4) is 0 Å². The maximum absolute atomic E-state index is 6.38. The van der Waals surface area contributed by atoms with Gasteiger partial charge < -0.3 is 9.88 Å². The molecule has 3 nitrogen and oxygen atoms in total. The normalized spacial score (nSPS) is 17.2. The van der Waals surface area contributed by atoms with E-state index in [2.05, 4.69) is 22.9 Å². The molecule has 19 heavy (non-hydrogen) atoms. The number of imidazole rings is 1. The standard InChI is InChI=1S/C15H20ClN3/c1-2-10-19-14-12(16)4-3-5-13(14)18-15(19)11-6-8-17-9-7-11/h3-5,11,17H,2,6-10H2,1H3. The van der Waals surface area contributed by atoms with Crippen LogP contribution in [0.15, 0.2) is 18.2 Å². The van der Waals surface area contributed by atoms with Crippen molar-refractivity contribution in [1.29, 1.82) is 0 Å². The zero-order chi connectivity index (χ0) is 13.2. The van der Waals surface area contributed by atoms with Crippen molar-refractivity contribution >= 4 is 22.6 Å². The van der Waals surface area contributed by atoms with Crippen LogP contribution in [0.5, 0.6) is 0 Å². The van der Waals surface area contributed by atoms with Gasteiger partial charge in [-0.05, 0) is 44.5 Å². The predicted octanol–water partition coefficient (Wildman–Crippen LogP) is 3.57. The summed E-state index contributed by atoms with van der Waals surface area (Å²) in [4.78, 5) is 4.87. The van der Waals surface area contributed by atoms with E-state index in [1.165, 1.54) is 18.7 Å². The number of halogens is 1. The van der Waals surface area contributed by atoms with Crippen LogP contribution in [0.1, 0.15) is 37.9 Å². The van der Waals surface area contributed by atoms with E-state index in [1.807, 2.05) is 12.1 Å². The fourth-order valence-electron chi connectivity index (χ4n) is 3.00. The average Bonchev–Trinajstić information content (AvgIpc) is 2.81. The molecule has 0 spiro atoms. The lowest BCUT2D eigenvalue weighted by Crippen LogP contribution is -2.28. The summed E-state index contributed by atoms with van der Waals surface area (Å²) in [5.74, 6) is 1.79. The Bertz CT molecular complexity index is 570. The Hall–Kier alpha value is -1.06. The van der Waals surface area contributed by atoms with E-state index in [0.29, 0.717) is 5.92 Å². The molecule has 0 atom stereocenters. The van der Waals surface area contributed by atoms with Crippen LogP contribution < -0.4 is 5.32 Å². The van der Waals surface area contributed by atoms with Crippen LogP contribution in [-0.4, -0.2) is 22.6 Å². The quantitative estimate of drug-likeness (QED) is 0.930. The highest BCUT2D eigenvalue weighted by Gasteiger charge is 2.22. The van der Waals surface area contributed by atoms with E-state index < -0.39 is 0 Å². The molecule has 4 heteroatoms. The van der Waals surface area contributed by atoms with Crippen molar-refractivity contribution in [2.75, 3.05) is 13.1 Å². The van der Waals surface area contributed by atoms with E-state index in [0.717, 1.165) is 42.1 Å². The first-order valence-corrected chi connectivity index (χ1v) is 7.54. The molecular formula is C15H20ClN3. The molecule has 3 rings (SSSR count). The Balaban J connectivity index is 2.11. The minimum atomic E-state index is 0.566. The molecule has 1 aromatic heterocycles. The lowest BCUT2D eigenvalue weighted by molar-refractivity contribution is 0.431. The van der Waals surface area contributed by atoms with Gasteiger partial charge in [-0.25, -0.2) is 4.98 Å². The number of benzene rings is 1. The van der Waals surface area contributed by atoms with Crippen molar-refractivity contribution in [3.63, 3.8) is 0 Å². The Kier molecular flexibility index (Phi) is 3.76. The smallest absolute Gasteiger partial charge is 0.113 e. The second-order valence-electron chi connectivity index (χ2n) is 5.25. The van der Waals surface area contributed by atoms with Crippen molar-refractivity contribution in [2.45, 2.75) is 38.6 Å². The van der Waals surface area contributed by atoms with Gasteiger partial charge in [0, 0.05) is 12.5 Å². The predicted molar refractivity (Wildman–Crippen MR) is 79.9 cm³/mol. The molecule has 1 aliphatic heterocycles. The average molecular weight is 278 g/mol. The molecule has 0 amide bonds. The lowest BCUT2D eigenvalue weighted by atomic mass is 9.97. The molecule has 0 radical (unpaired) electrons. The molecule has 1 aliphatic rings. The first-order valence-electron chi connectivity index (χ1n) is 7.16. The number of para-hydroxylation sites is 1. The van der Waals surface area contributed by atoms with Gasteiger partial charge in [0.1, 0.15) is 5.82 Å². The van der Waals surface area contributed by atoms with Crippen molar-refractivity contribution in [2.24, 2.45) is 0 Å². The number of rotatable bonds is 3. The maximum Gasteiger partial charge on any atom is 0.113 e. The molecule has 1 saturated heterocycles. The zero-order valence-corrected chi connectivity index (χ0v) is 12.1. The molecule has 1 aromatic carbocycles. The van der Waals surface area contributed by atoms with Crippen LogP contribution in [-0.2, 0) is 6.54 Å². The summed E-state index contributed by atoms with van der Waals surface area (Å²) >= 11 is 6.38. The van der Waals surface area contributed by atoms with Gasteiger partial charge in [-0.1, -0.05) is 24.6 Å². The van der Waals surface area contributed by atoms with Crippen molar-refractivity contribution in [1.82, 2.24) is 14.9 Å². The molecule has 1 fully saturated rings. The van der Waals surface area contributed by atoms with E-state index in [1.54, 1.807) is 0 Å².